The summed E-state index contributed by atoms with van der Waals surface area (Å²) in [4.78, 5) is 19.0. The molecule has 0 bridgehead atoms. The van der Waals surface area contributed by atoms with Crippen molar-refractivity contribution in [3.05, 3.63) is 62.5 Å². The van der Waals surface area contributed by atoms with Crippen LogP contribution in [0.2, 0.25) is 0 Å². The van der Waals surface area contributed by atoms with Gasteiger partial charge in [0, 0.05) is 17.5 Å². The van der Waals surface area contributed by atoms with Crippen molar-refractivity contribution in [3.8, 4) is 0 Å². The molecule has 1 aliphatic heterocycles. The highest BCUT2D eigenvalue weighted by molar-refractivity contribution is 7.18. The number of hydrogen-bond acceptors (Lipinski definition) is 4. The first-order chi connectivity index (χ1) is 11.1. The fourth-order valence-corrected chi connectivity index (χ4v) is 4.11. The number of fused-ring (bicyclic) bond motifs is 3. The largest absolute Gasteiger partial charge is 0.312 e. The minimum absolute atomic E-state index is 0.0966. The van der Waals surface area contributed by atoms with Gasteiger partial charge >= 0.3 is 0 Å². The minimum atomic E-state index is -0.652. The van der Waals surface area contributed by atoms with Crippen molar-refractivity contribution in [2.24, 2.45) is 0 Å². The van der Waals surface area contributed by atoms with E-state index in [1.807, 2.05) is 0 Å². The van der Waals surface area contributed by atoms with Crippen LogP contribution in [0.4, 0.5) is 8.78 Å². The third-order valence-electron chi connectivity index (χ3n) is 3.97. The molecule has 23 heavy (non-hydrogen) atoms. The van der Waals surface area contributed by atoms with E-state index in [1.54, 1.807) is 0 Å². The third-order valence-corrected chi connectivity index (χ3v) is 5.11. The maximum absolute atomic E-state index is 13.3. The lowest BCUT2D eigenvalue weighted by molar-refractivity contribution is 0.576. The Labute approximate surface area is 134 Å². The lowest BCUT2D eigenvalue weighted by Crippen LogP contribution is -2.25. The van der Waals surface area contributed by atoms with Crippen LogP contribution in [0.3, 0.4) is 0 Å². The smallest absolute Gasteiger partial charge is 0.262 e. The van der Waals surface area contributed by atoms with Crippen molar-refractivity contribution in [1.29, 1.82) is 0 Å². The van der Waals surface area contributed by atoms with Gasteiger partial charge in [0.25, 0.3) is 5.56 Å². The van der Waals surface area contributed by atoms with Crippen LogP contribution in [0.25, 0.3) is 10.2 Å². The van der Waals surface area contributed by atoms with Crippen LogP contribution in [0.5, 0.6) is 0 Å². The molecule has 0 saturated carbocycles. The lowest BCUT2D eigenvalue weighted by atomic mass is 10.1. The molecule has 0 fully saturated rings. The molecule has 0 unspecified atom stereocenters. The highest BCUT2D eigenvalue weighted by Gasteiger charge is 2.19. The molecule has 1 N–H and O–H groups in total. The highest BCUT2D eigenvalue weighted by atomic mass is 32.1. The molecule has 3 heterocycles. The fourth-order valence-electron chi connectivity index (χ4n) is 2.96. The van der Waals surface area contributed by atoms with E-state index in [0.29, 0.717) is 10.9 Å². The Hall–Kier alpha value is -2.12. The van der Waals surface area contributed by atoms with Crippen molar-refractivity contribution in [1.82, 2.24) is 14.9 Å². The minimum Gasteiger partial charge on any atom is -0.312 e. The standard InChI is InChI=1S/C16H13F2N3OS/c17-10-3-9(4-11(18)5-10)7-21-8-20-15-14(16(21)22)12-1-2-19-6-13(12)23-15/h3-5,8,19H,1-2,6-7H2. The van der Waals surface area contributed by atoms with Crippen molar-refractivity contribution in [3.63, 3.8) is 0 Å². The Balaban J connectivity index is 1.81. The average Bonchev–Trinajstić information content (AvgIpc) is 2.88. The van der Waals surface area contributed by atoms with Crippen LogP contribution < -0.4 is 10.9 Å². The number of halogens is 2. The molecule has 7 heteroatoms. The number of benzene rings is 1. The van der Waals surface area contributed by atoms with E-state index >= 15 is 0 Å². The van der Waals surface area contributed by atoms with Crippen LogP contribution >= 0.6 is 11.3 Å². The Bertz CT molecular complexity index is 944. The SMILES string of the molecule is O=c1c2c3c(sc2ncn1Cc1cc(F)cc(F)c1)CNCC3. The molecule has 0 aliphatic carbocycles. The van der Waals surface area contributed by atoms with Crippen LogP contribution in [0.1, 0.15) is 16.0 Å². The monoisotopic (exact) mass is 333 g/mol. The van der Waals surface area contributed by atoms with Gasteiger partial charge in [-0.05, 0) is 36.2 Å². The van der Waals surface area contributed by atoms with Gasteiger partial charge in [-0.3, -0.25) is 9.36 Å². The summed E-state index contributed by atoms with van der Waals surface area (Å²) in [7, 11) is 0. The zero-order valence-electron chi connectivity index (χ0n) is 12.1. The van der Waals surface area contributed by atoms with Crippen LogP contribution in [0.15, 0.2) is 29.3 Å². The Morgan fingerprint density at radius 3 is 2.83 bits per heavy atom. The number of aromatic nitrogens is 2. The van der Waals surface area contributed by atoms with Crippen molar-refractivity contribution >= 4 is 21.6 Å². The predicted octanol–water partition coefficient (Wildman–Crippen LogP) is 2.43. The normalized spacial score (nSPS) is 14.2. The molecule has 2 aromatic heterocycles. The van der Waals surface area contributed by atoms with Gasteiger partial charge in [0.2, 0.25) is 0 Å². The molecule has 0 saturated heterocycles. The molecule has 3 aromatic rings. The molecule has 4 nitrogen and oxygen atoms in total. The van der Waals surface area contributed by atoms with Gasteiger partial charge < -0.3 is 5.32 Å². The number of thiophene rings is 1. The molecule has 0 radical (unpaired) electrons. The molecular weight excluding hydrogens is 320 g/mol. The molecule has 118 valence electrons. The van der Waals surface area contributed by atoms with Crippen LogP contribution in [-0.2, 0) is 19.5 Å². The van der Waals surface area contributed by atoms with Gasteiger partial charge in [-0.1, -0.05) is 0 Å². The van der Waals surface area contributed by atoms with E-state index in [2.05, 4.69) is 10.3 Å². The molecular formula is C16H13F2N3OS. The van der Waals surface area contributed by atoms with E-state index < -0.39 is 11.6 Å². The Kier molecular flexibility index (Phi) is 3.46. The summed E-state index contributed by atoms with van der Waals surface area (Å²) in [5.74, 6) is -1.30. The fraction of sp³-hybridized carbons (Fsp3) is 0.250. The average molecular weight is 333 g/mol. The first kappa shape index (κ1) is 14.5. The van der Waals surface area contributed by atoms with Crippen molar-refractivity contribution < 1.29 is 8.78 Å². The molecule has 0 spiro atoms. The molecule has 0 amide bonds. The second kappa shape index (κ2) is 5.50. The molecule has 1 aliphatic rings. The second-order valence-corrected chi connectivity index (χ2v) is 6.65. The van der Waals surface area contributed by atoms with E-state index in [4.69, 9.17) is 0 Å². The maximum atomic E-state index is 13.3. The maximum Gasteiger partial charge on any atom is 0.262 e. The number of nitrogens with one attached hydrogen (secondary N) is 1. The van der Waals surface area contributed by atoms with Gasteiger partial charge in [0.15, 0.2) is 0 Å². The van der Waals surface area contributed by atoms with Crippen molar-refractivity contribution in [2.45, 2.75) is 19.5 Å². The highest BCUT2D eigenvalue weighted by Crippen LogP contribution is 2.29. The van der Waals surface area contributed by atoms with Crippen LogP contribution in [-0.4, -0.2) is 16.1 Å². The van der Waals surface area contributed by atoms with Gasteiger partial charge in [0.1, 0.15) is 16.5 Å². The summed E-state index contributed by atoms with van der Waals surface area (Å²) >= 11 is 1.53. The van der Waals surface area contributed by atoms with Crippen LogP contribution in [0, 0.1) is 11.6 Å². The van der Waals surface area contributed by atoms with Gasteiger partial charge in [-0.15, -0.1) is 11.3 Å². The zero-order chi connectivity index (χ0) is 16.0. The first-order valence-corrected chi connectivity index (χ1v) is 8.09. The van der Waals surface area contributed by atoms with Crippen molar-refractivity contribution in [2.75, 3.05) is 6.54 Å². The summed E-state index contributed by atoms with van der Waals surface area (Å²) in [6.45, 7) is 1.69. The van der Waals surface area contributed by atoms with E-state index in [1.165, 1.54) is 34.4 Å². The lowest BCUT2D eigenvalue weighted by Gasteiger charge is -2.12. The number of rotatable bonds is 2. The van der Waals surface area contributed by atoms with E-state index in [9.17, 15) is 13.6 Å². The summed E-state index contributed by atoms with van der Waals surface area (Å²) in [5, 5.41) is 3.92. The summed E-state index contributed by atoms with van der Waals surface area (Å²) < 4.78 is 28.0. The summed E-state index contributed by atoms with van der Waals surface area (Å²) in [5.41, 5.74) is 1.30. The quantitative estimate of drug-likeness (QED) is 0.783. The summed E-state index contributed by atoms with van der Waals surface area (Å²) in [6, 6.07) is 3.27. The Morgan fingerprint density at radius 1 is 1.26 bits per heavy atom. The van der Waals surface area contributed by atoms with Gasteiger partial charge in [-0.25, -0.2) is 13.8 Å². The number of nitrogens with zero attached hydrogens (tertiary/aromatic N) is 2. The second-order valence-electron chi connectivity index (χ2n) is 5.57. The topological polar surface area (TPSA) is 46.9 Å². The van der Waals surface area contributed by atoms with E-state index in [0.717, 1.165) is 40.8 Å². The first-order valence-electron chi connectivity index (χ1n) is 7.27. The van der Waals surface area contributed by atoms with Gasteiger partial charge in [-0.2, -0.15) is 0 Å². The Morgan fingerprint density at radius 2 is 2.04 bits per heavy atom. The number of hydrogen-bond donors (Lipinski definition) is 1. The van der Waals surface area contributed by atoms with Gasteiger partial charge in [0.05, 0.1) is 18.3 Å². The molecule has 0 atom stereocenters. The molecule has 1 aromatic carbocycles. The third kappa shape index (κ3) is 2.55. The summed E-state index contributed by atoms with van der Waals surface area (Å²) in [6.07, 6.45) is 2.24. The molecule has 4 rings (SSSR count). The van der Waals surface area contributed by atoms with E-state index in [-0.39, 0.29) is 12.1 Å². The zero-order valence-corrected chi connectivity index (χ0v) is 12.9. The predicted molar refractivity (Wildman–Crippen MR) is 84.8 cm³/mol.